The molecule has 144 valence electrons. The predicted octanol–water partition coefficient (Wildman–Crippen LogP) is 3.47. The zero-order valence-electron chi connectivity index (χ0n) is 14.6. The van der Waals surface area contributed by atoms with Gasteiger partial charge in [0.2, 0.25) is 11.2 Å². The van der Waals surface area contributed by atoms with Crippen molar-refractivity contribution in [2.75, 3.05) is 12.3 Å². The number of rotatable bonds is 7. The number of hydrogen-bond donors (Lipinski definition) is 3. The lowest BCUT2D eigenvalue weighted by Gasteiger charge is -2.05. The molecule has 0 aliphatic carbocycles. The topological polar surface area (TPSA) is 99.3 Å². The average Bonchev–Trinajstić information content (AvgIpc) is 3.28. The molecular weight excluding hydrogens is 403 g/mol. The van der Waals surface area contributed by atoms with Gasteiger partial charge in [-0.1, -0.05) is 0 Å². The van der Waals surface area contributed by atoms with Crippen molar-refractivity contribution < 1.29 is 9.18 Å². The van der Waals surface area contributed by atoms with Crippen molar-refractivity contribution in [3.05, 3.63) is 47.4 Å². The van der Waals surface area contributed by atoms with Crippen molar-refractivity contribution in [2.24, 2.45) is 0 Å². The van der Waals surface area contributed by atoms with Gasteiger partial charge in [0.1, 0.15) is 16.4 Å². The summed E-state index contributed by atoms with van der Waals surface area (Å²) in [4.78, 5) is 30.4. The number of amides is 1. The van der Waals surface area contributed by atoms with Crippen LogP contribution in [0.3, 0.4) is 0 Å². The standard InChI is InChI=1S/C18H16ClFN6OS/c19-18-25-16-15(23-9-24-16)17(26-18)28-6-4-14(27)21-5-3-10-8-22-13-2-1-11(20)7-12(10)13/h1-2,7-9,22H,3-6H2,(H,21,27)(H,23,24,25,26). The van der Waals surface area contributed by atoms with E-state index in [2.05, 4.69) is 30.2 Å². The molecule has 4 aromatic rings. The predicted molar refractivity (Wildman–Crippen MR) is 107 cm³/mol. The number of aromatic amines is 2. The van der Waals surface area contributed by atoms with Gasteiger partial charge in [0.15, 0.2) is 5.65 Å². The third kappa shape index (κ3) is 4.10. The minimum atomic E-state index is -0.273. The first-order chi connectivity index (χ1) is 13.6. The van der Waals surface area contributed by atoms with Gasteiger partial charge in [-0.05, 0) is 41.8 Å². The zero-order chi connectivity index (χ0) is 19.5. The van der Waals surface area contributed by atoms with Gasteiger partial charge < -0.3 is 15.3 Å². The molecule has 1 amide bonds. The van der Waals surface area contributed by atoms with Crippen LogP contribution < -0.4 is 5.32 Å². The first kappa shape index (κ1) is 18.7. The van der Waals surface area contributed by atoms with Crippen molar-refractivity contribution in [2.45, 2.75) is 17.9 Å². The van der Waals surface area contributed by atoms with E-state index < -0.39 is 0 Å². The lowest BCUT2D eigenvalue weighted by molar-refractivity contribution is -0.120. The summed E-state index contributed by atoms with van der Waals surface area (Å²) in [7, 11) is 0. The molecular formula is C18H16ClFN6OS. The molecule has 0 saturated carbocycles. The quantitative estimate of drug-likeness (QED) is 0.242. The van der Waals surface area contributed by atoms with Crippen LogP contribution in [0.2, 0.25) is 5.28 Å². The van der Waals surface area contributed by atoms with Crippen LogP contribution in [-0.2, 0) is 11.2 Å². The number of nitrogens with one attached hydrogen (secondary N) is 3. The maximum atomic E-state index is 13.4. The van der Waals surface area contributed by atoms with Crippen molar-refractivity contribution in [3.8, 4) is 0 Å². The largest absolute Gasteiger partial charge is 0.361 e. The number of carbonyl (C=O) groups is 1. The molecule has 0 spiro atoms. The first-order valence-electron chi connectivity index (χ1n) is 8.62. The zero-order valence-corrected chi connectivity index (χ0v) is 16.2. The Morgan fingerprint density at radius 1 is 1.29 bits per heavy atom. The Balaban J connectivity index is 1.26. The summed E-state index contributed by atoms with van der Waals surface area (Å²) >= 11 is 7.31. The van der Waals surface area contributed by atoms with E-state index in [9.17, 15) is 9.18 Å². The molecule has 3 aromatic heterocycles. The van der Waals surface area contributed by atoms with Crippen LogP contribution in [0, 0.1) is 5.82 Å². The molecule has 0 fully saturated rings. The van der Waals surface area contributed by atoms with Crippen LogP contribution in [0.25, 0.3) is 22.1 Å². The summed E-state index contributed by atoms with van der Waals surface area (Å²) in [5.74, 6) is 0.219. The van der Waals surface area contributed by atoms with Crippen LogP contribution in [0.1, 0.15) is 12.0 Å². The highest BCUT2D eigenvalue weighted by molar-refractivity contribution is 7.99. The Morgan fingerprint density at radius 3 is 3.07 bits per heavy atom. The highest BCUT2D eigenvalue weighted by Crippen LogP contribution is 2.24. The van der Waals surface area contributed by atoms with Gasteiger partial charge in [-0.15, -0.1) is 11.8 Å². The molecule has 0 radical (unpaired) electrons. The second-order valence-corrected chi connectivity index (χ2v) is 7.52. The molecule has 0 bridgehead atoms. The third-order valence-corrected chi connectivity index (χ3v) is 5.39. The van der Waals surface area contributed by atoms with Gasteiger partial charge in [-0.3, -0.25) is 4.79 Å². The Hall–Kier alpha value is -2.65. The number of benzene rings is 1. The number of hydrogen-bond acceptors (Lipinski definition) is 5. The maximum absolute atomic E-state index is 13.4. The van der Waals surface area contributed by atoms with Crippen LogP contribution in [0.5, 0.6) is 0 Å². The highest BCUT2D eigenvalue weighted by Gasteiger charge is 2.11. The van der Waals surface area contributed by atoms with Crippen LogP contribution >= 0.6 is 23.4 Å². The number of aromatic nitrogens is 5. The molecule has 0 atom stereocenters. The molecule has 1 aromatic carbocycles. The van der Waals surface area contributed by atoms with Crippen molar-refractivity contribution in [1.29, 1.82) is 0 Å². The SMILES string of the molecule is O=C(CCSc1nc(Cl)nc2nc[nH]c12)NCCc1c[nH]c2ccc(F)cc12. The van der Waals surface area contributed by atoms with Gasteiger partial charge in [-0.2, -0.15) is 4.98 Å². The van der Waals surface area contributed by atoms with E-state index >= 15 is 0 Å². The van der Waals surface area contributed by atoms with Gasteiger partial charge >= 0.3 is 0 Å². The monoisotopic (exact) mass is 418 g/mol. The van der Waals surface area contributed by atoms with Crippen molar-refractivity contribution in [3.63, 3.8) is 0 Å². The number of imidazole rings is 1. The molecule has 7 nitrogen and oxygen atoms in total. The Kier molecular flexibility index (Phi) is 5.45. The van der Waals surface area contributed by atoms with E-state index in [-0.39, 0.29) is 17.0 Å². The van der Waals surface area contributed by atoms with Gasteiger partial charge in [-0.25, -0.2) is 14.4 Å². The second kappa shape index (κ2) is 8.15. The Morgan fingerprint density at radius 2 is 2.18 bits per heavy atom. The third-order valence-electron chi connectivity index (χ3n) is 4.24. The lowest BCUT2D eigenvalue weighted by atomic mass is 10.1. The molecule has 0 unspecified atom stereocenters. The fourth-order valence-corrected chi connectivity index (χ4v) is 4.05. The molecule has 0 aliphatic heterocycles. The van der Waals surface area contributed by atoms with Gasteiger partial charge in [0, 0.05) is 35.8 Å². The van der Waals surface area contributed by atoms with Crippen molar-refractivity contribution >= 4 is 51.3 Å². The number of thioether (sulfide) groups is 1. The van der Waals surface area contributed by atoms with E-state index in [4.69, 9.17) is 11.6 Å². The summed E-state index contributed by atoms with van der Waals surface area (Å²) < 4.78 is 13.4. The fourth-order valence-electron chi connectivity index (χ4n) is 2.91. The van der Waals surface area contributed by atoms with E-state index in [1.807, 2.05) is 6.20 Å². The molecule has 4 rings (SSSR count). The Bertz CT molecular complexity index is 1140. The van der Waals surface area contributed by atoms with Gasteiger partial charge in [0.05, 0.1) is 6.33 Å². The van der Waals surface area contributed by atoms with E-state index in [1.165, 1.54) is 30.2 Å². The minimum Gasteiger partial charge on any atom is -0.361 e. The smallest absolute Gasteiger partial charge is 0.225 e. The van der Waals surface area contributed by atoms with E-state index in [1.54, 1.807) is 6.07 Å². The molecule has 0 aliphatic rings. The summed E-state index contributed by atoms with van der Waals surface area (Å²) in [5, 5.41) is 4.53. The average molecular weight is 419 g/mol. The first-order valence-corrected chi connectivity index (χ1v) is 9.98. The van der Waals surface area contributed by atoms with Crippen LogP contribution in [0.4, 0.5) is 4.39 Å². The number of nitrogens with zero attached hydrogens (tertiary/aromatic N) is 3. The molecule has 3 heterocycles. The number of halogens is 2. The van der Waals surface area contributed by atoms with Crippen molar-refractivity contribution in [1.82, 2.24) is 30.2 Å². The van der Waals surface area contributed by atoms with Crippen LogP contribution in [0.15, 0.2) is 35.7 Å². The maximum Gasteiger partial charge on any atom is 0.225 e. The van der Waals surface area contributed by atoms with E-state index in [0.29, 0.717) is 41.3 Å². The Labute approximate surface area is 168 Å². The van der Waals surface area contributed by atoms with Gasteiger partial charge in [0.25, 0.3) is 0 Å². The molecule has 3 N–H and O–H groups in total. The fraction of sp³-hybridized carbons (Fsp3) is 0.222. The van der Waals surface area contributed by atoms with E-state index in [0.717, 1.165) is 16.5 Å². The van der Waals surface area contributed by atoms with Crippen LogP contribution in [-0.4, -0.2) is 43.1 Å². The summed E-state index contributed by atoms with van der Waals surface area (Å²) in [6.45, 7) is 0.483. The summed E-state index contributed by atoms with van der Waals surface area (Å²) in [6, 6.07) is 4.63. The second-order valence-electron chi connectivity index (χ2n) is 6.10. The normalized spacial score (nSPS) is 11.4. The lowest BCUT2D eigenvalue weighted by Crippen LogP contribution is -2.25. The number of H-pyrrole nitrogens is 2. The molecule has 28 heavy (non-hydrogen) atoms. The number of fused-ring (bicyclic) bond motifs is 2. The summed E-state index contributed by atoms with van der Waals surface area (Å²) in [6.07, 6.45) is 4.34. The highest BCUT2D eigenvalue weighted by atomic mass is 35.5. The number of carbonyl (C=O) groups excluding carboxylic acids is 1. The molecule has 0 saturated heterocycles. The summed E-state index contributed by atoms with van der Waals surface area (Å²) in [5.41, 5.74) is 3.07. The molecule has 10 heteroatoms. The minimum absolute atomic E-state index is 0.0560.